The molecule has 0 spiro atoms. The molecule has 10 aromatic carbocycles. The Labute approximate surface area is 371 Å². The molecule has 6 nitrogen and oxygen atoms in total. The maximum atomic E-state index is 6.98. The molecule has 6 heteroatoms. The van der Waals surface area contributed by atoms with E-state index in [0.29, 0.717) is 23.1 Å². The van der Waals surface area contributed by atoms with Crippen molar-refractivity contribution in [3.05, 3.63) is 206 Å². The van der Waals surface area contributed by atoms with Crippen LogP contribution in [0.2, 0.25) is 0 Å². The topological polar surface area (TPSA) is 69.9 Å². The van der Waals surface area contributed by atoms with Crippen molar-refractivity contribution in [1.82, 2.24) is 19.5 Å². The highest BCUT2D eigenvalue weighted by Crippen LogP contribution is 2.45. The van der Waals surface area contributed by atoms with Crippen molar-refractivity contribution in [2.45, 2.75) is 0 Å². The van der Waals surface area contributed by atoms with E-state index < -0.39 is 0 Å². The Morgan fingerprint density at radius 2 is 0.923 bits per heavy atom. The Kier molecular flexibility index (Phi) is 7.59. The predicted molar refractivity (Wildman–Crippen MR) is 265 cm³/mol. The third kappa shape index (κ3) is 5.44. The average Bonchev–Trinajstić information content (AvgIpc) is 4.05. The van der Waals surface area contributed by atoms with E-state index in [9.17, 15) is 0 Å². The Hall–Kier alpha value is -8.87. The highest BCUT2D eigenvalue weighted by Gasteiger charge is 2.26. The summed E-state index contributed by atoms with van der Waals surface area (Å²) in [5.41, 5.74) is 10.7. The molecule has 0 amide bonds. The van der Waals surface area contributed by atoms with Gasteiger partial charge in [-0.05, 0) is 81.2 Å². The van der Waals surface area contributed by atoms with Gasteiger partial charge in [0.05, 0.1) is 27.8 Å². The summed E-state index contributed by atoms with van der Waals surface area (Å²) >= 11 is 0. The van der Waals surface area contributed by atoms with Gasteiger partial charge in [0.25, 0.3) is 0 Å². The van der Waals surface area contributed by atoms with Crippen molar-refractivity contribution >= 4 is 87.2 Å². The van der Waals surface area contributed by atoms with E-state index in [0.717, 1.165) is 88.2 Å². The van der Waals surface area contributed by atoms with Crippen LogP contribution in [0.3, 0.4) is 0 Å². The maximum Gasteiger partial charge on any atom is 0.170 e. The number of para-hydroxylation sites is 3. The van der Waals surface area contributed by atoms with Gasteiger partial charge >= 0.3 is 0 Å². The molecule has 0 aliphatic heterocycles. The van der Waals surface area contributed by atoms with E-state index in [1.807, 2.05) is 42.5 Å². The minimum Gasteiger partial charge on any atom is -0.455 e. The van der Waals surface area contributed by atoms with Crippen molar-refractivity contribution in [3.63, 3.8) is 0 Å². The molecule has 0 saturated heterocycles. The van der Waals surface area contributed by atoms with Gasteiger partial charge in [0.15, 0.2) is 17.5 Å². The van der Waals surface area contributed by atoms with E-state index >= 15 is 0 Å². The van der Waals surface area contributed by atoms with Crippen molar-refractivity contribution in [3.8, 4) is 51.0 Å². The summed E-state index contributed by atoms with van der Waals surface area (Å²) in [6, 6.07) is 72.1. The Morgan fingerprint density at radius 3 is 1.71 bits per heavy atom. The van der Waals surface area contributed by atoms with Crippen LogP contribution in [0.25, 0.3) is 138 Å². The molecular weight excluding hydrogens is 797 g/mol. The van der Waals surface area contributed by atoms with Gasteiger partial charge in [-0.3, -0.25) is 0 Å². The fourth-order valence-corrected chi connectivity index (χ4v) is 10.0. The van der Waals surface area contributed by atoms with Gasteiger partial charge in [-0.2, -0.15) is 0 Å². The van der Waals surface area contributed by atoms with Crippen LogP contribution in [0.4, 0.5) is 0 Å². The quantitative estimate of drug-likeness (QED) is 0.173. The number of furan rings is 2. The van der Waals surface area contributed by atoms with E-state index in [2.05, 4.69) is 168 Å². The SMILES string of the molecule is c1ccc(-c2ccc(-c3nc(-c4cccc5c4oc4ccccc45)nc(-c4c(-n5c6cc7ccccc7cc6c6c7ccccc7ccc65)ccc5c4oc4ccccc45)n3)cc2)cc1. The Balaban J connectivity index is 1.11. The maximum absolute atomic E-state index is 6.98. The molecule has 0 bridgehead atoms. The fraction of sp³-hybridized carbons (Fsp3) is 0. The molecule has 0 saturated carbocycles. The number of aromatic nitrogens is 4. The highest BCUT2D eigenvalue weighted by atomic mass is 16.3. The van der Waals surface area contributed by atoms with E-state index in [1.54, 1.807) is 0 Å². The van der Waals surface area contributed by atoms with Crippen LogP contribution in [0.5, 0.6) is 0 Å². The van der Waals surface area contributed by atoms with Crippen LogP contribution in [0.1, 0.15) is 0 Å². The summed E-state index contributed by atoms with van der Waals surface area (Å²) in [5.74, 6) is 1.53. The molecule has 14 rings (SSSR count). The lowest BCUT2D eigenvalue weighted by molar-refractivity contribution is 0.669. The average molecular weight is 831 g/mol. The van der Waals surface area contributed by atoms with Crippen molar-refractivity contribution < 1.29 is 8.83 Å². The summed E-state index contributed by atoms with van der Waals surface area (Å²) in [4.78, 5) is 16.2. The first-order chi connectivity index (χ1) is 32.2. The minimum absolute atomic E-state index is 0.487. The van der Waals surface area contributed by atoms with Crippen molar-refractivity contribution in [1.29, 1.82) is 0 Å². The number of benzene rings is 10. The monoisotopic (exact) mass is 830 g/mol. The van der Waals surface area contributed by atoms with Crippen LogP contribution in [0, 0.1) is 0 Å². The molecular formula is C59H34N4O2. The molecule has 0 N–H and O–H groups in total. The second-order valence-electron chi connectivity index (χ2n) is 16.7. The fourth-order valence-electron chi connectivity index (χ4n) is 10.0. The van der Waals surface area contributed by atoms with Crippen molar-refractivity contribution in [2.75, 3.05) is 0 Å². The number of fused-ring (bicyclic) bond motifs is 12. The van der Waals surface area contributed by atoms with Gasteiger partial charge < -0.3 is 13.4 Å². The first-order valence-electron chi connectivity index (χ1n) is 21.8. The van der Waals surface area contributed by atoms with E-state index in [-0.39, 0.29) is 0 Å². The first kappa shape index (κ1) is 35.7. The first-order valence-corrected chi connectivity index (χ1v) is 21.8. The predicted octanol–water partition coefficient (Wildman–Crippen LogP) is 15.7. The van der Waals surface area contributed by atoms with Crippen LogP contribution < -0.4 is 0 Å². The lowest BCUT2D eigenvalue weighted by atomic mass is 10.0. The zero-order valence-corrected chi connectivity index (χ0v) is 34.7. The van der Waals surface area contributed by atoms with Crippen LogP contribution in [-0.2, 0) is 0 Å². The van der Waals surface area contributed by atoms with Gasteiger partial charge in [-0.15, -0.1) is 0 Å². The number of rotatable bonds is 5. The van der Waals surface area contributed by atoms with Crippen LogP contribution >= 0.6 is 0 Å². The van der Waals surface area contributed by atoms with E-state index in [4.69, 9.17) is 23.8 Å². The summed E-state index contributed by atoms with van der Waals surface area (Å²) < 4.78 is 16.0. The van der Waals surface area contributed by atoms with Crippen LogP contribution in [-0.4, -0.2) is 19.5 Å². The molecule has 0 aliphatic rings. The molecule has 14 aromatic rings. The lowest BCUT2D eigenvalue weighted by Crippen LogP contribution is -2.04. The number of nitrogens with zero attached hydrogens (tertiary/aromatic N) is 4. The highest BCUT2D eigenvalue weighted by molar-refractivity contribution is 6.24. The smallest absolute Gasteiger partial charge is 0.170 e. The second kappa shape index (κ2) is 13.8. The lowest BCUT2D eigenvalue weighted by Gasteiger charge is -2.15. The largest absolute Gasteiger partial charge is 0.455 e. The standard InChI is InChI=1S/C59H34N4O2/c1-2-13-35(14-3-1)36-25-27-38(28-26-36)57-60-58(46-22-12-21-44-42-19-8-10-23-51(42)64-55(44)46)62-59(61-57)54-49(32-30-45-43-20-9-11-24-52(43)65-56(45)54)63-48-31-29-37-15-6-7-18-41(37)53(48)47-33-39-16-4-5-17-40(39)34-50(47)63/h1-34H. The second-order valence-corrected chi connectivity index (χ2v) is 16.7. The van der Waals surface area contributed by atoms with Gasteiger partial charge in [-0.25, -0.2) is 15.0 Å². The van der Waals surface area contributed by atoms with Gasteiger partial charge in [0, 0.05) is 37.9 Å². The zero-order chi connectivity index (χ0) is 42.6. The zero-order valence-electron chi connectivity index (χ0n) is 34.7. The summed E-state index contributed by atoms with van der Waals surface area (Å²) in [7, 11) is 0. The third-order valence-corrected chi connectivity index (χ3v) is 13.0. The van der Waals surface area contributed by atoms with Gasteiger partial charge in [0.1, 0.15) is 22.3 Å². The van der Waals surface area contributed by atoms with E-state index in [1.165, 1.54) is 26.9 Å². The molecule has 0 radical (unpaired) electrons. The molecule has 4 heterocycles. The molecule has 0 atom stereocenters. The Morgan fingerprint density at radius 1 is 0.338 bits per heavy atom. The van der Waals surface area contributed by atoms with Gasteiger partial charge in [0.2, 0.25) is 0 Å². The molecule has 0 aliphatic carbocycles. The molecule has 302 valence electrons. The number of hydrogen-bond acceptors (Lipinski definition) is 5. The molecule has 0 unspecified atom stereocenters. The number of hydrogen-bond donors (Lipinski definition) is 0. The van der Waals surface area contributed by atoms with Gasteiger partial charge in [-0.1, -0.05) is 158 Å². The molecule has 0 fully saturated rings. The van der Waals surface area contributed by atoms with Crippen molar-refractivity contribution in [2.24, 2.45) is 0 Å². The van der Waals surface area contributed by atoms with Crippen LogP contribution in [0.15, 0.2) is 215 Å². The normalized spacial score (nSPS) is 12.0. The minimum atomic E-state index is 0.487. The third-order valence-electron chi connectivity index (χ3n) is 13.0. The summed E-state index contributed by atoms with van der Waals surface area (Å²) in [6.07, 6.45) is 0. The summed E-state index contributed by atoms with van der Waals surface area (Å²) in [6.45, 7) is 0. The summed E-state index contributed by atoms with van der Waals surface area (Å²) in [5, 5.41) is 11.1. The molecule has 4 aromatic heterocycles. The molecule has 65 heavy (non-hydrogen) atoms. The Bertz CT molecular complexity index is 4240.